The summed E-state index contributed by atoms with van der Waals surface area (Å²) in [6.07, 6.45) is 4.37. The number of carbonyl (C=O) groups excluding carboxylic acids is 2. The number of likely N-dealkylation sites (tertiary alicyclic amines) is 1. The van der Waals surface area contributed by atoms with Gasteiger partial charge < -0.3 is 18.5 Å². The topological polar surface area (TPSA) is 98.7 Å². The van der Waals surface area contributed by atoms with Crippen LogP contribution in [0.2, 0.25) is 0 Å². The van der Waals surface area contributed by atoms with Gasteiger partial charge >= 0.3 is 5.97 Å². The van der Waals surface area contributed by atoms with Crippen molar-refractivity contribution >= 4 is 22.9 Å². The quantitative estimate of drug-likeness (QED) is 0.415. The van der Waals surface area contributed by atoms with Crippen LogP contribution in [-0.4, -0.2) is 46.4 Å². The van der Waals surface area contributed by atoms with Crippen LogP contribution in [0.4, 0.5) is 0 Å². The highest BCUT2D eigenvalue weighted by Crippen LogP contribution is 2.32. The third-order valence-corrected chi connectivity index (χ3v) is 5.82. The Morgan fingerprint density at radius 3 is 2.18 bits per heavy atom. The van der Waals surface area contributed by atoms with E-state index in [0.717, 1.165) is 0 Å². The van der Waals surface area contributed by atoms with Gasteiger partial charge in [-0.2, -0.15) is 0 Å². The lowest BCUT2D eigenvalue weighted by molar-refractivity contribution is -0.149. The van der Waals surface area contributed by atoms with E-state index in [4.69, 9.17) is 23.5 Å². The van der Waals surface area contributed by atoms with Crippen LogP contribution in [0, 0.1) is 5.92 Å². The predicted molar refractivity (Wildman–Crippen MR) is 120 cm³/mol. The number of fused-ring (bicyclic) bond motifs is 1. The van der Waals surface area contributed by atoms with Crippen LogP contribution < -0.4 is 0 Å². The van der Waals surface area contributed by atoms with Gasteiger partial charge in [0.25, 0.3) is 5.91 Å². The van der Waals surface area contributed by atoms with E-state index in [0.29, 0.717) is 72.0 Å². The lowest BCUT2D eigenvalue weighted by Crippen LogP contribution is -2.40. The van der Waals surface area contributed by atoms with Crippen molar-refractivity contribution in [1.82, 2.24) is 14.9 Å². The van der Waals surface area contributed by atoms with Gasteiger partial charge in [-0.3, -0.25) is 9.59 Å². The first-order valence-electron chi connectivity index (χ1n) is 11.0. The molecule has 3 aromatic heterocycles. The highest BCUT2D eigenvalue weighted by molar-refractivity contribution is 5.98. The summed E-state index contributed by atoms with van der Waals surface area (Å²) in [5.74, 6) is 0.736. The SMILES string of the molecule is CCOC(=O)C1CCN(C(=O)c2ccc3nc(-c4ccco4)c(-c4ccco4)nc3c2)CC1. The van der Waals surface area contributed by atoms with Crippen molar-refractivity contribution in [3.8, 4) is 22.9 Å². The first-order chi connectivity index (χ1) is 16.1. The Balaban J connectivity index is 1.43. The van der Waals surface area contributed by atoms with Crippen LogP contribution in [0.5, 0.6) is 0 Å². The van der Waals surface area contributed by atoms with E-state index in [-0.39, 0.29) is 17.8 Å². The van der Waals surface area contributed by atoms with Gasteiger partial charge in [0.15, 0.2) is 11.5 Å². The van der Waals surface area contributed by atoms with Gasteiger partial charge in [0.05, 0.1) is 36.1 Å². The number of hydrogen-bond acceptors (Lipinski definition) is 7. The Morgan fingerprint density at radius 1 is 0.970 bits per heavy atom. The number of piperidine rings is 1. The number of furan rings is 2. The Bertz CT molecular complexity index is 1270. The Labute approximate surface area is 190 Å². The number of benzene rings is 1. The van der Waals surface area contributed by atoms with Crippen LogP contribution in [-0.2, 0) is 9.53 Å². The molecular weight excluding hydrogens is 422 g/mol. The summed E-state index contributed by atoms with van der Waals surface area (Å²) < 4.78 is 16.2. The summed E-state index contributed by atoms with van der Waals surface area (Å²) in [5.41, 5.74) is 2.88. The van der Waals surface area contributed by atoms with Crippen molar-refractivity contribution in [3.63, 3.8) is 0 Å². The second-order valence-corrected chi connectivity index (χ2v) is 7.90. The standard InChI is InChI=1S/C25H23N3O5/c1-2-31-25(30)16-9-11-28(12-10-16)24(29)17-7-8-18-19(15-17)27-23(21-6-4-14-33-21)22(26-18)20-5-3-13-32-20/h3-8,13-16H,2,9-12H2,1H3. The maximum Gasteiger partial charge on any atom is 0.309 e. The minimum atomic E-state index is -0.177. The van der Waals surface area contributed by atoms with E-state index in [1.165, 1.54) is 0 Å². The smallest absolute Gasteiger partial charge is 0.309 e. The maximum absolute atomic E-state index is 13.1. The zero-order valence-corrected chi connectivity index (χ0v) is 18.2. The zero-order chi connectivity index (χ0) is 22.8. The number of carbonyl (C=O) groups is 2. The van der Waals surface area contributed by atoms with Gasteiger partial charge in [0, 0.05) is 18.7 Å². The third kappa shape index (κ3) is 4.11. The van der Waals surface area contributed by atoms with Crippen molar-refractivity contribution < 1.29 is 23.2 Å². The number of esters is 1. The summed E-state index contributed by atoms with van der Waals surface area (Å²) in [6, 6.07) is 12.5. The minimum absolute atomic E-state index is 0.0873. The third-order valence-electron chi connectivity index (χ3n) is 5.82. The van der Waals surface area contributed by atoms with Crippen LogP contribution in [0.15, 0.2) is 63.8 Å². The summed E-state index contributed by atoms with van der Waals surface area (Å²) >= 11 is 0. The fraction of sp³-hybridized carbons (Fsp3) is 0.280. The average molecular weight is 445 g/mol. The molecule has 4 aromatic rings. The first kappa shape index (κ1) is 20.9. The van der Waals surface area contributed by atoms with E-state index >= 15 is 0 Å². The molecule has 0 atom stereocenters. The second-order valence-electron chi connectivity index (χ2n) is 7.90. The maximum atomic E-state index is 13.1. The molecule has 1 aliphatic heterocycles. The summed E-state index contributed by atoms with van der Waals surface area (Å²) in [6.45, 7) is 3.20. The molecule has 1 aromatic carbocycles. The predicted octanol–water partition coefficient (Wildman–Crippen LogP) is 4.57. The molecule has 0 aliphatic carbocycles. The molecule has 0 spiro atoms. The largest absolute Gasteiger partial charge is 0.466 e. The molecule has 33 heavy (non-hydrogen) atoms. The molecule has 0 saturated carbocycles. The molecule has 0 unspecified atom stereocenters. The summed E-state index contributed by atoms with van der Waals surface area (Å²) in [4.78, 5) is 36.4. The van der Waals surface area contributed by atoms with Gasteiger partial charge in [-0.1, -0.05) is 0 Å². The van der Waals surface area contributed by atoms with Crippen LogP contribution in [0.1, 0.15) is 30.1 Å². The highest BCUT2D eigenvalue weighted by Gasteiger charge is 2.29. The van der Waals surface area contributed by atoms with Gasteiger partial charge in [-0.05, 0) is 62.2 Å². The molecule has 168 valence electrons. The highest BCUT2D eigenvalue weighted by atomic mass is 16.5. The number of amides is 1. The normalized spacial score (nSPS) is 14.5. The molecule has 4 heterocycles. The van der Waals surface area contributed by atoms with Gasteiger partial charge in [0.1, 0.15) is 11.4 Å². The van der Waals surface area contributed by atoms with Crippen molar-refractivity contribution in [1.29, 1.82) is 0 Å². The average Bonchev–Trinajstić information content (AvgIpc) is 3.57. The monoisotopic (exact) mass is 445 g/mol. The summed E-state index contributed by atoms with van der Waals surface area (Å²) in [5, 5.41) is 0. The number of ether oxygens (including phenoxy) is 1. The van der Waals surface area contributed by atoms with Gasteiger partial charge in [-0.15, -0.1) is 0 Å². The fourth-order valence-electron chi connectivity index (χ4n) is 4.12. The fourth-order valence-corrected chi connectivity index (χ4v) is 4.12. The van der Waals surface area contributed by atoms with Crippen molar-refractivity contribution in [2.45, 2.75) is 19.8 Å². The molecule has 0 radical (unpaired) electrons. The van der Waals surface area contributed by atoms with Crippen LogP contribution in [0.25, 0.3) is 33.9 Å². The molecule has 1 amide bonds. The minimum Gasteiger partial charge on any atom is -0.466 e. The van der Waals surface area contributed by atoms with Gasteiger partial charge in [0.2, 0.25) is 0 Å². The molecule has 1 saturated heterocycles. The zero-order valence-electron chi connectivity index (χ0n) is 18.2. The van der Waals surface area contributed by atoms with E-state index < -0.39 is 0 Å². The number of nitrogens with zero attached hydrogens (tertiary/aromatic N) is 3. The second kappa shape index (κ2) is 8.90. The van der Waals surface area contributed by atoms with E-state index in [1.807, 2.05) is 12.1 Å². The van der Waals surface area contributed by atoms with Crippen LogP contribution >= 0.6 is 0 Å². The number of aromatic nitrogens is 2. The first-order valence-corrected chi connectivity index (χ1v) is 11.0. The molecule has 1 fully saturated rings. The summed E-state index contributed by atoms with van der Waals surface area (Å²) in [7, 11) is 0. The van der Waals surface area contributed by atoms with E-state index in [1.54, 1.807) is 54.7 Å². The molecular formula is C25H23N3O5. The van der Waals surface area contributed by atoms with Gasteiger partial charge in [-0.25, -0.2) is 9.97 Å². The van der Waals surface area contributed by atoms with Crippen LogP contribution in [0.3, 0.4) is 0 Å². The molecule has 0 N–H and O–H groups in total. The van der Waals surface area contributed by atoms with E-state index in [2.05, 4.69) is 0 Å². The van der Waals surface area contributed by atoms with Crippen molar-refractivity contribution in [2.75, 3.05) is 19.7 Å². The molecule has 5 rings (SSSR count). The Kier molecular flexibility index (Phi) is 5.64. The van der Waals surface area contributed by atoms with Crippen molar-refractivity contribution in [3.05, 3.63) is 60.6 Å². The Morgan fingerprint density at radius 2 is 1.61 bits per heavy atom. The number of hydrogen-bond donors (Lipinski definition) is 0. The number of rotatable bonds is 5. The molecule has 1 aliphatic rings. The molecule has 0 bridgehead atoms. The lowest BCUT2D eigenvalue weighted by Gasteiger charge is -2.31. The molecule has 8 heteroatoms. The molecule has 8 nitrogen and oxygen atoms in total. The van der Waals surface area contributed by atoms with Crippen molar-refractivity contribution in [2.24, 2.45) is 5.92 Å². The van der Waals surface area contributed by atoms with E-state index in [9.17, 15) is 9.59 Å². The lowest BCUT2D eigenvalue weighted by atomic mass is 9.96. The Hall–Kier alpha value is -3.94.